The zero-order valence-corrected chi connectivity index (χ0v) is 9.39. The maximum Gasteiger partial charge on any atom is 0.257 e. The van der Waals surface area contributed by atoms with Crippen LogP contribution in [-0.4, -0.2) is 33.5 Å². The predicted octanol–water partition coefficient (Wildman–Crippen LogP) is 1.80. The van der Waals surface area contributed by atoms with Crippen molar-refractivity contribution in [3.8, 4) is 5.75 Å². The molecule has 16 heavy (non-hydrogen) atoms. The van der Waals surface area contributed by atoms with E-state index in [0.717, 1.165) is 19.4 Å². The van der Waals surface area contributed by atoms with E-state index in [-0.39, 0.29) is 17.7 Å². The average Bonchev–Trinajstić information content (AvgIpc) is 2.29. The van der Waals surface area contributed by atoms with Crippen molar-refractivity contribution >= 4 is 5.91 Å². The number of rotatable bonds is 1. The maximum atomic E-state index is 12.2. The van der Waals surface area contributed by atoms with Gasteiger partial charge in [0.25, 0.3) is 5.91 Å². The third-order valence-corrected chi connectivity index (χ3v) is 3.09. The number of hydrogen-bond acceptors (Lipinski definition) is 3. The summed E-state index contributed by atoms with van der Waals surface area (Å²) in [4.78, 5) is 17.8. The summed E-state index contributed by atoms with van der Waals surface area (Å²) in [6.45, 7) is 2.83. The molecular weight excluding hydrogens is 204 g/mol. The molecule has 1 aliphatic rings. The maximum absolute atomic E-state index is 12.2. The highest BCUT2D eigenvalue weighted by molar-refractivity contribution is 5.96. The molecule has 86 valence electrons. The van der Waals surface area contributed by atoms with E-state index in [0.29, 0.717) is 5.56 Å². The monoisotopic (exact) mass is 220 g/mol. The molecule has 0 bridgehead atoms. The SMILES string of the molecule is CC1CCCCN1C(=O)c1ccncc1O. The Balaban J connectivity index is 2.21. The first kappa shape index (κ1) is 10.9. The van der Waals surface area contributed by atoms with E-state index in [9.17, 15) is 9.90 Å². The topological polar surface area (TPSA) is 53.4 Å². The fourth-order valence-electron chi connectivity index (χ4n) is 2.12. The van der Waals surface area contributed by atoms with Crippen LogP contribution in [0.2, 0.25) is 0 Å². The standard InChI is InChI=1S/C12H16N2O2/c1-9-4-2-3-7-14(9)12(16)10-5-6-13-8-11(10)15/h5-6,8-9,15H,2-4,7H2,1H3. The van der Waals surface area contributed by atoms with E-state index in [1.807, 2.05) is 4.90 Å². The van der Waals surface area contributed by atoms with Crippen LogP contribution in [0.3, 0.4) is 0 Å². The van der Waals surface area contributed by atoms with Gasteiger partial charge in [0.15, 0.2) is 0 Å². The van der Waals surface area contributed by atoms with Crippen molar-refractivity contribution in [1.29, 1.82) is 0 Å². The Bertz CT molecular complexity index is 392. The second-order valence-corrected chi connectivity index (χ2v) is 4.24. The third-order valence-electron chi connectivity index (χ3n) is 3.09. The lowest BCUT2D eigenvalue weighted by Crippen LogP contribution is -2.42. The predicted molar refractivity (Wildman–Crippen MR) is 60.3 cm³/mol. The number of hydrogen-bond donors (Lipinski definition) is 1. The van der Waals surface area contributed by atoms with Gasteiger partial charge in [0.05, 0.1) is 11.8 Å². The molecule has 2 heterocycles. The van der Waals surface area contributed by atoms with Crippen molar-refractivity contribution in [2.75, 3.05) is 6.54 Å². The minimum Gasteiger partial charge on any atom is -0.505 e. The summed E-state index contributed by atoms with van der Waals surface area (Å²) < 4.78 is 0. The summed E-state index contributed by atoms with van der Waals surface area (Å²) in [7, 11) is 0. The van der Waals surface area contributed by atoms with E-state index in [4.69, 9.17) is 0 Å². The number of nitrogens with zero attached hydrogens (tertiary/aromatic N) is 2. The molecule has 0 spiro atoms. The highest BCUT2D eigenvalue weighted by Gasteiger charge is 2.25. The smallest absolute Gasteiger partial charge is 0.257 e. The first-order valence-electron chi connectivity index (χ1n) is 5.64. The number of pyridine rings is 1. The van der Waals surface area contributed by atoms with Gasteiger partial charge in [0, 0.05) is 18.8 Å². The number of amides is 1. The zero-order valence-electron chi connectivity index (χ0n) is 9.39. The van der Waals surface area contributed by atoms with Crippen LogP contribution in [0, 0.1) is 0 Å². The van der Waals surface area contributed by atoms with Crippen molar-refractivity contribution < 1.29 is 9.90 Å². The molecule has 1 aromatic heterocycles. The largest absolute Gasteiger partial charge is 0.505 e. The highest BCUT2D eigenvalue weighted by Crippen LogP contribution is 2.22. The molecule has 1 saturated heterocycles. The molecule has 2 rings (SSSR count). The van der Waals surface area contributed by atoms with Gasteiger partial charge in [-0.05, 0) is 32.3 Å². The van der Waals surface area contributed by atoms with Crippen LogP contribution in [-0.2, 0) is 0 Å². The lowest BCUT2D eigenvalue weighted by Gasteiger charge is -2.33. The second-order valence-electron chi connectivity index (χ2n) is 4.24. The van der Waals surface area contributed by atoms with Gasteiger partial charge in [0.1, 0.15) is 5.75 Å². The van der Waals surface area contributed by atoms with Crippen molar-refractivity contribution in [3.63, 3.8) is 0 Å². The normalized spacial score (nSPS) is 20.8. The van der Waals surface area contributed by atoms with Crippen LogP contribution in [0.25, 0.3) is 0 Å². The summed E-state index contributed by atoms with van der Waals surface area (Å²) in [5.74, 6) is -0.127. The van der Waals surface area contributed by atoms with Gasteiger partial charge < -0.3 is 10.0 Å². The molecule has 1 aromatic rings. The van der Waals surface area contributed by atoms with Crippen molar-refractivity contribution in [2.45, 2.75) is 32.2 Å². The van der Waals surface area contributed by atoms with E-state index < -0.39 is 0 Å². The minimum atomic E-state index is -0.0906. The van der Waals surface area contributed by atoms with E-state index in [2.05, 4.69) is 11.9 Å². The molecule has 0 saturated carbocycles. The van der Waals surface area contributed by atoms with Gasteiger partial charge in [-0.2, -0.15) is 0 Å². The minimum absolute atomic E-state index is 0.0368. The summed E-state index contributed by atoms with van der Waals surface area (Å²) >= 11 is 0. The Kier molecular flexibility index (Phi) is 3.08. The number of aromatic nitrogens is 1. The molecular formula is C12H16N2O2. The summed E-state index contributed by atoms with van der Waals surface area (Å²) in [6.07, 6.45) is 6.09. The highest BCUT2D eigenvalue weighted by atomic mass is 16.3. The molecule has 0 radical (unpaired) electrons. The fraction of sp³-hybridized carbons (Fsp3) is 0.500. The Morgan fingerprint density at radius 3 is 3.06 bits per heavy atom. The van der Waals surface area contributed by atoms with Gasteiger partial charge in [-0.1, -0.05) is 0 Å². The van der Waals surface area contributed by atoms with Crippen molar-refractivity contribution in [2.24, 2.45) is 0 Å². The second kappa shape index (κ2) is 4.51. The lowest BCUT2D eigenvalue weighted by atomic mass is 10.0. The fourth-order valence-corrected chi connectivity index (χ4v) is 2.12. The van der Waals surface area contributed by atoms with Crippen molar-refractivity contribution in [3.05, 3.63) is 24.0 Å². The van der Waals surface area contributed by atoms with E-state index in [1.54, 1.807) is 6.07 Å². The molecule has 0 aromatic carbocycles. The molecule has 0 aliphatic carbocycles. The Hall–Kier alpha value is -1.58. The molecule has 4 heteroatoms. The number of carbonyl (C=O) groups is 1. The van der Waals surface area contributed by atoms with Crippen LogP contribution in [0.1, 0.15) is 36.5 Å². The Labute approximate surface area is 94.9 Å². The van der Waals surface area contributed by atoms with E-state index in [1.165, 1.54) is 18.8 Å². The average molecular weight is 220 g/mol. The lowest BCUT2D eigenvalue weighted by molar-refractivity contribution is 0.0632. The first-order chi connectivity index (χ1) is 7.70. The third kappa shape index (κ3) is 2.01. The molecule has 1 fully saturated rings. The molecule has 1 amide bonds. The Morgan fingerprint density at radius 2 is 2.38 bits per heavy atom. The molecule has 1 atom stereocenters. The van der Waals surface area contributed by atoms with Crippen LogP contribution >= 0.6 is 0 Å². The van der Waals surface area contributed by atoms with Crippen LogP contribution in [0.15, 0.2) is 18.5 Å². The molecule has 1 N–H and O–H groups in total. The Morgan fingerprint density at radius 1 is 1.56 bits per heavy atom. The molecule has 1 aliphatic heterocycles. The first-order valence-corrected chi connectivity index (χ1v) is 5.64. The number of carbonyl (C=O) groups excluding carboxylic acids is 1. The van der Waals surface area contributed by atoms with Gasteiger partial charge in [-0.25, -0.2) is 0 Å². The molecule has 1 unspecified atom stereocenters. The van der Waals surface area contributed by atoms with Crippen LogP contribution < -0.4 is 0 Å². The number of likely N-dealkylation sites (tertiary alicyclic amines) is 1. The van der Waals surface area contributed by atoms with Gasteiger partial charge in [-0.15, -0.1) is 0 Å². The number of aromatic hydroxyl groups is 1. The van der Waals surface area contributed by atoms with Gasteiger partial charge in [-0.3, -0.25) is 9.78 Å². The summed E-state index contributed by atoms with van der Waals surface area (Å²) in [6, 6.07) is 1.83. The summed E-state index contributed by atoms with van der Waals surface area (Å²) in [5, 5.41) is 9.59. The van der Waals surface area contributed by atoms with E-state index >= 15 is 0 Å². The van der Waals surface area contributed by atoms with Crippen molar-refractivity contribution in [1.82, 2.24) is 9.88 Å². The van der Waals surface area contributed by atoms with Gasteiger partial charge in [0.2, 0.25) is 0 Å². The molecule has 4 nitrogen and oxygen atoms in total. The summed E-state index contributed by atoms with van der Waals surface area (Å²) in [5.41, 5.74) is 0.351. The van der Waals surface area contributed by atoms with Crippen LogP contribution in [0.5, 0.6) is 5.75 Å². The zero-order chi connectivity index (χ0) is 11.5. The number of piperidine rings is 1. The quantitative estimate of drug-likeness (QED) is 0.785. The van der Waals surface area contributed by atoms with Crippen LogP contribution in [0.4, 0.5) is 0 Å². The van der Waals surface area contributed by atoms with Gasteiger partial charge >= 0.3 is 0 Å².